The lowest BCUT2D eigenvalue weighted by atomic mass is 10.0. The average Bonchev–Trinajstić information content (AvgIpc) is 2.90. The van der Waals surface area contributed by atoms with Gasteiger partial charge in [0, 0.05) is 12.1 Å². The highest BCUT2D eigenvalue weighted by Crippen LogP contribution is 2.29. The zero-order valence-electron chi connectivity index (χ0n) is 20.7. The Kier molecular flexibility index (Phi) is 9.87. The number of carbonyl (C=O) groups excluding carboxylic acids is 2. The minimum absolute atomic E-state index is 0.000961. The first-order valence-corrected chi connectivity index (χ1v) is 12.0. The highest BCUT2D eigenvalue weighted by Gasteiger charge is 2.16. The van der Waals surface area contributed by atoms with E-state index in [1.54, 1.807) is 11.9 Å². The van der Waals surface area contributed by atoms with Crippen molar-refractivity contribution < 1.29 is 14.3 Å². The van der Waals surface area contributed by atoms with Gasteiger partial charge in [0.15, 0.2) is 0 Å². The molecule has 3 rings (SSSR count). The molecular weight excluding hydrogens is 438 g/mol. The molecule has 3 aromatic carbocycles. The number of amides is 2. The molecule has 6 nitrogen and oxygen atoms in total. The third kappa shape index (κ3) is 7.97. The maximum Gasteiger partial charge on any atom is 0.237 e. The molecule has 0 heterocycles. The molecule has 0 aliphatic rings. The summed E-state index contributed by atoms with van der Waals surface area (Å²) in [7, 11) is 1.77. The summed E-state index contributed by atoms with van der Waals surface area (Å²) < 4.78 is 6.04. The molecule has 0 spiro atoms. The Labute approximate surface area is 208 Å². The van der Waals surface area contributed by atoms with Crippen LogP contribution in [-0.4, -0.2) is 31.4 Å². The van der Waals surface area contributed by atoms with Crippen molar-refractivity contribution in [3.63, 3.8) is 0 Å². The second kappa shape index (κ2) is 13.3. The Bertz CT molecular complexity index is 1070. The first-order chi connectivity index (χ1) is 17.0. The first kappa shape index (κ1) is 26.0. The second-order valence-corrected chi connectivity index (χ2v) is 8.74. The lowest BCUT2D eigenvalue weighted by molar-refractivity contribution is -0.123. The SMILES string of the molecule is CN[C@@H](C)C(=O)NC(C)CCc1ccc(OCc2ccccc2)cc1N(C=O)Cc1ccccc1. The maximum atomic E-state index is 12.2. The molecule has 1 unspecified atom stereocenters. The van der Waals surface area contributed by atoms with Gasteiger partial charge in [-0.2, -0.15) is 0 Å². The van der Waals surface area contributed by atoms with Crippen LogP contribution < -0.4 is 20.3 Å². The van der Waals surface area contributed by atoms with E-state index in [0.717, 1.165) is 35.2 Å². The van der Waals surface area contributed by atoms with Crippen molar-refractivity contribution >= 4 is 18.0 Å². The van der Waals surface area contributed by atoms with Gasteiger partial charge in [0.1, 0.15) is 12.4 Å². The smallest absolute Gasteiger partial charge is 0.237 e. The Morgan fingerprint density at radius 3 is 2.26 bits per heavy atom. The molecule has 6 heteroatoms. The quantitative estimate of drug-likeness (QED) is 0.359. The van der Waals surface area contributed by atoms with Crippen LogP contribution in [0.1, 0.15) is 37.0 Å². The number of carbonyl (C=O) groups is 2. The van der Waals surface area contributed by atoms with Gasteiger partial charge in [-0.3, -0.25) is 9.59 Å². The summed E-state index contributed by atoms with van der Waals surface area (Å²) in [5, 5.41) is 6.00. The van der Waals surface area contributed by atoms with Gasteiger partial charge in [0.25, 0.3) is 0 Å². The molecule has 0 aliphatic heterocycles. The molecule has 2 atom stereocenters. The second-order valence-electron chi connectivity index (χ2n) is 8.74. The van der Waals surface area contributed by atoms with Crippen LogP contribution in [0.2, 0.25) is 0 Å². The summed E-state index contributed by atoms with van der Waals surface area (Å²) in [6.07, 6.45) is 2.33. The van der Waals surface area contributed by atoms with Crippen LogP contribution in [0.5, 0.6) is 5.75 Å². The fourth-order valence-corrected chi connectivity index (χ4v) is 3.76. The number of nitrogens with one attached hydrogen (secondary N) is 2. The van der Waals surface area contributed by atoms with Crippen LogP contribution in [-0.2, 0) is 29.2 Å². The van der Waals surface area contributed by atoms with Crippen molar-refractivity contribution in [3.8, 4) is 5.75 Å². The van der Waals surface area contributed by atoms with Gasteiger partial charge in [0.05, 0.1) is 18.3 Å². The largest absolute Gasteiger partial charge is 0.489 e. The molecule has 2 N–H and O–H groups in total. The number of aryl methyl sites for hydroxylation is 1. The van der Waals surface area contributed by atoms with Crippen LogP contribution in [0.25, 0.3) is 0 Å². The summed E-state index contributed by atoms with van der Waals surface area (Å²) in [6.45, 7) is 4.75. The van der Waals surface area contributed by atoms with Gasteiger partial charge < -0.3 is 20.3 Å². The lowest BCUT2D eigenvalue weighted by Gasteiger charge is -2.23. The standard InChI is InChI=1S/C29H35N3O3/c1-22(31-29(34)23(2)30-3)14-15-26-16-17-27(35-20-25-12-8-5-9-13-25)18-28(26)32(21-33)19-24-10-6-4-7-11-24/h4-13,16-18,21-23,30H,14-15,19-20H2,1-3H3,(H,31,34)/t22?,23-/m0/s1. The van der Waals surface area contributed by atoms with Gasteiger partial charge in [-0.15, -0.1) is 0 Å². The molecular formula is C29H35N3O3. The molecule has 0 saturated carbocycles. The molecule has 0 fully saturated rings. The van der Waals surface area contributed by atoms with Crippen LogP contribution >= 0.6 is 0 Å². The van der Waals surface area contributed by atoms with E-state index in [4.69, 9.17) is 4.74 Å². The summed E-state index contributed by atoms with van der Waals surface area (Å²) in [4.78, 5) is 26.1. The number of ether oxygens (including phenoxy) is 1. The number of likely N-dealkylation sites (N-methyl/N-ethyl adjacent to an activating group) is 1. The van der Waals surface area contributed by atoms with Gasteiger partial charge in [-0.05, 0) is 56.5 Å². The van der Waals surface area contributed by atoms with E-state index in [9.17, 15) is 9.59 Å². The molecule has 0 bridgehead atoms. The molecule has 0 saturated heterocycles. The first-order valence-electron chi connectivity index (χ1n) is 12.0. The van der Waals surface area contributed by atoms with Gasteiger partial charge in [0.2, 0.25) is 12.3 Å². The zero-order valence-corrected chi connectivity index (χ0v) is 20.7. The van der Waals surface area contributed by atoms with E-state index in [1.165, 1.54) is 0 Å². The number of rotatable bonds is 13. The number of hydrogen-bond donors (Lipinski definition) is 2. The molecule has 3 aromatic rings. The fraction of sp³-hybridized carbons (Fsp3) is 0.310. The molecule has 0 aromatic heterocycles. The van der Waals surface area contributed by atoms with E-state index in [1.807, 2.05) is 92.7 Å². The number of nitrogens with zero attached hydrogens (tertiary/aromatic N) is 1. The number of hydrogen-bond acceptors (Lipinski definition) is 4. The number of anilines is 1. The highest BCUT2D eigenvalue weighted by atomic mass is 16.5. The third-order valence-electron chi connectivity index (χ3n) is 6.00. The van der Waals surface area contributed by atoms with Crippen molar-refractivity contribution in [3.05, 3.63) is 95.6 Å². The third-order valence-corrected chi connectivity index (χ3v) is 6.00. The molecule has 0 radical (unpaired) electrons. The predicted molar refractivity (Wildman–Crippen MR) is 140 cm³/mol. The van der Waals surface area contributed by atoms with Crippen LogP contribution in [0.15, 0.2) is 78.9 Å². The van der Waals surface area contributed by atoms with E-state index in [0.29, 0.717) is 25.3 Å². The maximum absolute atomic E-state index is 12.2. The Hall–Kier alpha value is -3.64. The molecule has 35 heavy (non-hydrogen) atoms. The van der Waals surface area contributed by atoms with E-state index >= 15 is 0 Å². The van der Waals surface area contributed by atoms with Gasteiger partial charge in [-0.25, -0.2) is 0 Å². The minimum Gasteiger partial charge on any atom is -0.489 e. The summed E-state index contributed by atoms with van der Waals surface area (Å²) in [5.41, 5.74) is 3.97. The minimum atomic E-state index is -0.245. The Morgan fingerprint density at radius 1 is 0.971 bits per heavy atom. The van der Waals surface area contributed by atoms with Crippen molar-refractivity contribution in [2.24, 2.45) is 0 Å². The van der Waals surface area contributed by atoms with Gasteiger partial charge >= 0.3 is 0 Å². The van der Waals surface area contributed by atoms with Crippen LogP contribution in [0.3, 0.4) is 0 Å². The Morgan fingerprint density at radius 2 is 1.63 bits per heavy atom. The van der Waals surface area contributed by atoms with Crippen molar-refractivity contribution in [2.75, 3.05) is 11.9 Å². The number of benzene rings is 3. The fourth-order valence-electron chi connectivity index (χ4n) is 3.76. The predicted octanol–water partition coefficient (Wildman–Crippen LogP) is 4.47. The van der Waals surface area contributed by atoms with E-state index in [2.05, 4.69) is 10.6 Å². The van der Waals surface area contributed by atoms with E-state index < -0.39 is 0 Å². The lowest BCUT2D eigenvalue weighted by Crippen LogP contribution is -2.44. The van der Waals surface area contributed by atoms with Crippen molar-refractivity contribution in [2.45, 2.75) is 51.9 Å². The van der Waals surface area contributed by atoms with Crippen molar-refractivity contribution in [1.82, 2.24) is 10.6 Å². The van der Waals surface area contributed by atoms with Crippen molar-refractivity contribution in [1.29, 1.82) is 0 Å². The monoisotopic (exact) mass is 473 g/mol. The molecule has 0 aliphatic carbocycles. The Balaban J connectivity index is 1.78. The van der Waals surface area contributed by atoms with Crippen LogP contribution in [0, 0.1) is 0 Å². The topological polar surface area (TPSA) is 70.7 Å². The summed E-state index contributed by atoms with van der Waals surface area (Å²) >= 11 is 0. The van der Waals surface area contributed by atoms with E-state index in [-0.39, 0.29) is 18.0 Å². The normalized spacial score (nSPS) is 12.4. The zero-order chi connectivity index (χ0) is 25.0. The average molecular weight is 474 g/mol. The molecule has 184 valence electrons. The van der Waals surface area contributed by atoms with Crippen LogP contribution in [0.4, 0.5) is 5.69 Å². The summed E-state index contributed by atoms with van der Waals surface area (Å²) in [6, 6.07) is 25.5. The molecule has 2 amide bonds. The summed E-state index contributed by atoms with van der Waals surface area (Å²) in [5.74, 6) is 0.681. The van der Waals surface area contributed by atoms with Gasteiger partial charge in [-0.1, -0.05) is 66.7 Å². The highest BCUT2D eigenvalue weighted by molar-refractivity contribution is 5.81.